The molecule has 1 atom stereocenters. The Hall–Kier alpha value is -3.29. The highest BCUT2D eigenvalue weighted by molar-refractivity contribution is 5.58. The minimum absolute atomic E-state index is 0.279. The lowest BCUT2D eigenvalue weighted by atomic mass is 9.79. The Morgan fingerprint density at radius 2 is 1.84 bits per heavy atom. The predicted octanol–water partition coefficient (Wildman–Crippen LogP) is 5.47. The second-order valence-corrected chi connectivity index (χ2v) is 9.73. The maximum atomic E-state index is 14.6. The van der Waals surface area contributed by atoms with Crippen LogP contribution in [0.4, 0.5) is 10.1 Å². The first-order valence-corrected chi connectivity index (χ1v) is 13.4. The SMILES string of the molecule is COCCCNCCOc1ccc(CCNc2cc(OC)ccc2C2CCc3cc(O)ccc3C2)cc1F. The molecule has 0 heterocycles. The maximum absolute atomic E-state index is 14.6. The van der Waals surface area contributed by atoms with Gasteiger partial charge in [-0.2, -0.15) is 0 Å². The Morgan fingerprint density at radius 3 is 2.66 bits per heavy atom. The molecule has 4 rings (SSSR count). The number of rotatable bonds is 14. The van der Waals surface area contributed by atoms with Crippen molar-refractivity contribution in [2.75, 3.05) is 52.4 Å². The van der Waals surface area contributed by atoms with Crippen molar-refractivity contribution in [3.63, 3.8) is 0 Å². The highest BCUT2D eigenvalue weighted by Gasteiger charge is 2.23. The normalized spacial score (nSPS) is 14.7. The molecule has 0 saturated heterocycles. The predicted molar refractivity (Wildman–Crippen MR) is 149 cm³/mol. The standard InChI is InChI=1S/C31H39FN2O4/c1-36-16-3-13-33-15-17-38-31-11-4-22(18-29(31)32)12-14-34-30-21-27(37-2)9-10-28(30)25-6-5-24-20-26(35)8-7-23(24)19-25/h4,7-11,18,20-21,25,33-35H,3,5-6,12-17,19H2,1-2H3. The van der Waals surface area contributed by atoms with E-state index in [0.29, 0.717) is 37.8 Å². The molecule has 204 valence electrons. The smallest absolute Gasteiger partial charge is 0.165 e. The van der Waals surface area contributed by atoms with Crippen LogP contribution >= 0.6 is 0 Å². The largest absolute Gasteiger partial charge is 0.508 e. The van der Waals surface area contributed by atoms with Crippen LogP contribution in [0.2, 0.25) is 0 Å². The zero-order chi connectivity index (χ0) is 26.7. The van der Waals surface area contributed by atoms with E-state index in [-0.39, 0.29) is 11.6 Å². The molecular formula is C31H39FN2O4. The van der Waals surface area contributed by atoms with Crippen LogP contribution in [0.5, 0.6) is 17.2 Å². The van der Waals surface area contributed by atoms with E-state index in [2.05, 4.69) is 16.7 Å². The van der Waals surface area contributed by atoms with E-state index in [4.69, 9.17) is 14.2 Å². The van der Waals surface area contributed by atoms with E-state index in [1.807, 2.05) is 30.3 Å². The lowest BCUT2D eigenvalue weighted by Gasteiger charge is -2.27. The molecule has 6 nitrogen and oxygen atoms in total. The number of methoxy groups -OCH3 is 2. The van der Waals surface area contributed by atoms with E-state index >= 15 is 0 Å². The van der Waals surface area contributed by atoms with Gasteiger partial charge in [-0.25, -0.2) is 4.39 Å². The molecule has 0 radical (unpaired) electrons. The summed E-state index contributed by atoms with van der Waals surface area (Å²) in [7, 11) is 3.36. The molecule has 1 aliphatic carbocycles. The number of aromatic hydroxyl groups is 1. The lowest BCUT2D eigenvalue weighted by molar-refractivity contribution is 0.193. The fourth-order valence-corrected chi connectivity index (χ4v) is 5.04. The molecule has 38 heavy (non-hydrogen) atoms. The summed E-state index contributed by atoms with van der Waals surface area (Å²) in [4.78, 5) is 0. The number of anilines is 1. The Kier molecular flexibility index (Phi) is 10.2. The van der Waals surface area contributed by atoms with Crippen LogP contribution in [0, 0.1) is 5.82 Å². The molecule has 0 bridgehead atoms. The van der Waals surface area contributed by atoms with Crippen molar-refractivity contribution in [3.8, 4) is 17.2 Å². The highest BCUT2D eigenvalue weighted by atomic mass is 19.1. The first-order valence-electron chi connectivity index (χ1n) is 13.4. The molecule has 0 spiro atoms. The number of nitrogens with one attached hydrogen (secondary N) is 2. The van der Waals surface area contributed by atoms with Gasteiger partial charge in [0.15, 0.2) is 11.6 Å². The van der Waals surface area contributed by atoms with Gasteiger partial charge in [0.05, 0.1) is 7.11 Å². The van der Waals surface area contributed by atoms with Crippen LogP contribution in [0.25, 0.3) is 0 Å². The third-order valence-electron chi connectivity index (χ3n) is 7.08. The van der Waals surface area contributed by atoms with Crippen molar-refractivity contribution in [2.24, 2.45) is 0 Å². The van der Waals surface area contributed by atoms with E-state index in [1.54, 1.807) is 32.4 Å². The summed E-state index contributed by atoms with van der Waals surface area (Å²) in [5.41, 5.74) is 5.75. The van der Waals surface area contributed by atoms with Crippen molar-refractivity contribution >= 4 is 5.69 Å². The average molecular weight is 523 g/mol. The first-order chi connectivity index (χ1) is 18.6. The molecule has 0 saturated carbocycles. The molecular weight excluding hydrogens is 483 g/mol. The Labute approximate surface area is 225 Å². The number of phenols is 1. The zero-order valence-electron chi connectivity index (χ0n) is 22.4. The summed E-state index contributed by atoms with van der Waals surface area (Å²) in [6.45, 7) is 3.31. The van der Waals surface area contributed by atoms with Gasteiger partial charge in [0, 0.05) is 38.6 Å². The van der Waals surface area contributed by atoms with E-state index in [1.165, 1.54) is 16.7 Å². The molecule has 1 unspecified atom stereocenters. The van der Waals surface area contributed by atoms with Gasteiger partial charge in [0.25, 0.3) is 0 Å². The number of aryl methyl sites for hydroxylation is 1. The minimum atomic E-state index is -0.337. The number of benzene rings is 3. The second-order valence-electron chi connectivity index (χ2n) is 9.73. The summed E-state index contributed by atoms with van der Waals surface area (Å²) in [6.07, 6.45) is 4.52. The molecule has 0 aromatic heterocycles. The van der Waals surface area contributed by atoms with Crippen molar-refractivity contribution in [3.05, 3.63) is 82.7 Å². The zero-order valence-corrected chi connectivity index (χ0v) is 22.4. The average Bonchev–Trinajstić information content (AvgIpc) is 2.93. The van der Waals surface area contributed by atoms with E-state index in [0.717, 1.165) is 55.8 Å². The lowest BCUT2D eigenvalue weighted by Crippen LogP contribution is -2.23. The van der Waals surface area contributed by atoms with Crippen molar-refractivity contribution in [1.82, 2.24) is 5.32 Å². The summed E-state index contributed by atoms with van der Waals surface area (Å²) in [5, 5.41) is 16.6. The quantitative estimate of drug-likeness (QED) is 0.244. The van der Waals surface area contributed by atoms with Crippen molar-refractivity contribution < 1.29 is 23.7 Å². The minimum Gasteiger partial charge on any atom is -0.508 e. The summed E-state index contributed by atoms with van der Waals surface area (Å²) < 4.78 is 30.7. The van der Waals surface area contributed by atoms with Gasteiger partial charge >= 0.3 is 0 Å². The highest BCUT2D eigenvalue weighted by Crippen LogP contribution is 2.38. The van der Waals surface area contributed by atoms with Gasteiger partial charge < -0.3 is 30.0 Å². The monoisotopic (exact) mass is 522 g/mol. The van der Waals surface area contributed by atoms with Crippen LogP contribution in [0.3, 0.4) is 0 Å². The Morgan fingerprint density at radius 1 is 0.947 bits per heavy atom. The Balaban J connectivity index is 1.32. The van der Waals surface area contributed by atoms with Crippen LogP contribution in [-0.2, 0) is 24.0 Å². The van der Waals surface area contributed by atoms with Crippen LogP contribution in [0.15, 0.2) is 54.6 Å². The molecule has 7 heteroatoms. The van der Waals surface area contributed by atoms with E-state index < -0.39 is 0 Å². The third-order valence-corrected chi connectivity index (χ3v) is 7.08. The van der Waals surface area contributed by atoms with Gasteiger partial charge in [-0.1, -0.05) is 18.2 Å². The maximum Gasteiger partial charge on any atom is 0.165 e. The van der Waals surface area contributed by atoms with Gasteiger partial charge in [-0.3, -0.25) is 0 Å². The molecule has 1 aliphatic rings. The summed E-state index contributed by atoms with van der Waals surface area (Å²) >= 11 is 0. The fourth-order valence-electron chi connectivity index (χ4n) is 5.04. The molecule has 0 amide bonds. The molecule has 0 aliphatic heterocycles. The summed E-state index contributed by atoms with van der Waals surface area (Å²) in [5.74, 6) is 1.45. The topological polar surface area (TPSA) is 72.0 Å². The van der Waals surface area contributed by atoms with Crippen LogP contribution < -0.4 is 20.1 Å². The van der Waals surface area contributed by atoms with Crippen molar-refractivity contribution in [2.45, 2.75) is 38.0 Å². The number of fused-ring (bicyclic) bond motifs is 1. The molecule has 3 aromatic carbocycles. The van der Waals surface area contributed by atoms with Gasteiger partial charge in [-0.15, -0.1) is 0 Å². The number of phenolic OH excluding ortho intramolecular Hbond substituents is 1. The van der Waals surface area contributed by atoms with Crippen LogP contribution in [0.1, 0.15) is 41.0 Å². The van der Waals surface area contributed by atoms with Gasteiger partial charge in [0.2, 0.25) is 0 Å². The second kappa shape index (κ2) is 14.0. The van der Waals surface area contributed by atoms with Crippen molar-refractivity contribution in [1.29, 1.82) is 0 Å². The first kappa shape index (κ1) is 27.7. The number of ether oxygens (including phenoxy) is 3. The van der Waals surface area contributed by atoms with Gasteiger partial charge in [-0.05, 0) is 97.2 Å². The number of hydrogen-bond donors (Lipinski definition) is 3. The third kappa shape index (κ3) is 7.62. The molecule has 3 N–H and O–H groups in total. The Bertz CT molecular complexity index is 1190. The van der Waals surface area contributed by atoms with E-state index in [9.17, 15) is 9.50 Å². The summed E-state index contributed by atoms with van der Waals surface area (Å²) in [6, 6.07) is 17.1. The number of hydrogen-bond acceptors (Lipinski definition) is 6. The van der Waals surface area contributed by atoms with Crippen LogP contribution in [-0.4, -0.2) is 52.2 Å². The number of halogens is 1. The molecule has 0 fully saturated rings. The fraction of sp³-hybridized carbons (Fsp3) is 0.419. The molecule has 3 aromatic rings. The van der Waals surface area contributed by atoms with Gasteiger partial charge in [0.1, 0.15) is 18.1 Å².